The number of nitrogens with two attached hydrogens (primary N) is 1. The molecule has 0 radical (unpaired) electrons. The van der Waals surface area contributed by atoms with Gasteiger partial charge in [0.15, 0.2) is 0 Å². The second kappa shape index (κ2) is 5.02. The van der Waals surface area contributed by atoms with Crippen molar-refractivity contribution in [3.8, 4) is 0 Å². The molecule has 1 aliphatic carbocycles. The molecule has 2 rings (SSSR count). The average Bonchev–Trinajstić information content (AvgIpc) is 2.56. The monoisotopic (exact) mass is 226 g/mol. The highest BCUT2D eigenvalue weighted by Gasteiger charge is 2.37. The molecule has 0 aliphatic heterocycles. The van der Waals surface area contributed by atoms with Gasteiger partial charge in [-0.15, -0.1) is 36.2 Å². The SMILES string of the molecule is Cl.Cl.NC[C@@H]1C[C@H]1c1cncs1. The van der Waals surface area contributed by atoms with Crippen LogP contribution in [-0.2, 0) is 0 Å². The number of rotatable bonds is 2. The van der Waals surface area contributed by atoms with E-state index >= 15 is 0 Å². The van der Waals surface area contributed by atoms with Gasteiger partial charge in [-0.1, -0.05) is 0 Å². The number of hydrogen-bond donors (Lipinski definition) is 1. The Labute approximate surface area is 88.4 Å². The van der Waals surface area contributed by atoms with Crippen molar-refractivity contribution in [3.63, 3.8) is 0 Å². The fourth-order valence-electron chi connectivity index (χ4n) is 1.27. The lowest BCUT2D eigenvalue weighted by Crippen LogP contribution is -2.01. The smallest absolute Gasteiger partial charge is 0.0794 e. The molecule has 1 heterocycles. The fraction of sp³-hybridized carbons (Fsp3) is 0.571. The minimum absolute atomic E-state index is 0. The van der Waals surface area contributed by atoms with E-state index in [2.05, 4.69) is 4.98 Å². The fourth-order valence-corrected chi connectivity index (χ4v) is 2.09. The molecule has 1 aromatic rings. The molecular formula is C7H12Cl2N2S. The normalized spacial score (nSPS) is 25.4. The maximum Gasteiger partial charge on any atom is 0.0794 e. The summed E-state index contributed by atoms with van der Waals surface area (Å²) in [6.45, 7) is 0.836. The third kappa shape index (κ3) is 2.33. The Morgan fingerprint density at radius 3 is 2.75 bits per heavy atom. The van der Waals surface area contributed by atoms with Crippen LogP contribution in [0.2, 0.25) is 0 Å². The Balaban J connectivity index is 0.000000605. The number of hydrogen-bond acceptors (Lipinski definition) is 3. The summed E-state index contributed by atoms with van der Waals surface area (Å²) in [5.74, 6) is 1.50. The van der Waals surface area contributed by atoms with Crippen LogP contribution in [0, 0.1) is 5.92 Å². The first-order chi connectivity index (χ1) is 4.92. The van der Waals surface area contributed by atoms with E-state index in [1.807, 2.05) is 11.7 Å². The van der Waals surface area contributed by atoms with Gasteiger partial charge in [0.05, 0.1) is 5.51 Å². The third-order valence-corrected chi connectivity index (χ3v) is 2.95. The van der Waals surface area contributed by atoms with E-state index in [0.717, 1.165) is 18.4 Å². The van der Waals surface area contributed by atoms with E-state index in [1.165, 1.54) is 11.3 Å². The van der Waals surface area contributed by atoms with Crippen molar-refractivity contribution < 1.29 is 0 Å². The number of thiazole rings is 1. The Morgan fingerprint density at radius 1 is 1.58 bits per heavy atom. The van der Waals surface area contributed by atoms with Gasteiger partial charge < -0.3 is 5.73 Å². The summed E-state index contributed by atoms with van der Waals surface area (Å²) in [6.07, 6.45) is 3.24. The van der Waals surface area contributed by atoms with E-state index in [-0.39, 0.29) is 24.8 Å². The van der Waals surface area contributed by atoms with Crippen LogP contribution in [-0.4, -0.2) is 11.5 Å². The van der Waals surface area contributed by atoms with Gasteiger partial charge in [0.1, 0.15) is 0 Å². The lowest BCUT2D eigenvalue weighted by atomic mass is 10.3. The molecule has 0 spiro atoms. The molecule has 1 aliphatic rings. The van der Waals surface area contributed by atoms with Crippen molar-refractivity contribution in [3.05, 3.63) is 16.6 Å². The zero-order valence-electron chi connectivity index (χ0n) is 6.47. The van der Waals surface area contributed by atoms with Crippen molar-refractivity contribution in [2.75, 3.05) is 6.54 Å². The van der Waals surface area contributed by atoms with Gasteiger partial charge in [-0.25, -0.2) is 0 Å². The molecule has 2 atom stereocenters. The van der Waals surface area contributed by atoms with Gasteiger partial charge in [0.25, 0.3) is 0 Å². The van der Waals surface area contributed by atoms with Gasteiger partial charge >= 0.3 is 0 Å². The largest absolute Gasteiger partial charge is 0.330 e. The third-order valence-electron chi connectivity index (χ3n) is 2.04. The molecule has 5 heteroatoms. The summed E-state index contributed by atoms with van der Waals surface area (Å²) in [4.78, 5) is 5.44. The van der Waals surface area contributed by atoms with Gasteiger partial charge in [-0.2, -0.15) is 0 Å². The van der Waals surface area contributed by atoms with E-state index in [4.69, 9.17) is 5.73 Å². The van der Waals surface area contributed by atoms with Crippen molar-refractivity contribution in [1.82, 2.24) is 4.98 Å². The lowest BCUT2D eigenvalue weighted by molar-refractivity contribution is 0.814. The van der Waals surface area contributed by atoms with Crippen LogP contribution < -0.4 is 5.73 Å². The predicted octanol–water partition coefficient (Wildman–Crippen LogP) is 2.05. The summed E-state index contributed by atoms with van der Waals surface area (Å²) < 4.78 is 0. The van der Waals surface area contributed by atoms with Gasteiger partial charge in [-0.3, -0.25) is 4.98 Å². The van der Waals surface area contributed by atoms with Crippen LogP contribution in [0.3, 0.4) is 0 Å². The van der Waals surface area contributed by atoms with E-state index in [9.17, 15) is 0 Å². The molecule has 0 bridgehead atoms. The maximum absolute atomic E-state index is 5.51. The molecule has 12 heavy (non-hydrogen) atoms. The van der Waals surface area contributed by atoms with Gasteiger partial charge in [-0.05, 0) is 24.8 Å². The van der Waals surface area contributed by atoms with Crippen molar-refractivity contribution in [2.45, 2.75) is 12.3 Å². The molecule has 1 fully saturated rings. The van der Waals surface area contributed by atoms with Crippen LogP contribution in [0.25, 0.3) is 0 Å². The quantitative estimate of drug-likeness (QED) is 0.839. The second-order valence-electron chi connectivity index (χ2n) is 2.74. The lowest BCUT2D eigenvalue weighted by Gasteiger charge is -1.88. The summed E-state index contributed by atoms with van der Waals surface area (Å²) >= 11 is 1.75. The maximum atomic E-state index is 5.51. The average molecular weight is 227 g/mol. The van der Waals surface area contributed by atoms with Crippen LogP contribution >= 0.6 is 36.2 Å². The molecule has 1 aromatic heterocycles. The summed E-state index contributed by atoms with van der Waals surface area (Å²) in [6, 6.07) is 0. The van der Waals surface area contributed by atoms with Crippen LogP contribution in [0.4, 0.5) is 0 Å². The highest BCUT2D eigenvalue weighted by Crippen LogP contribution is 2.47. The highest BCUT2D eigenvalue weighted by atomic mass is 35.5. The zero-order valence-corrected chi connectivity index (χ0v) is 8.92. The Bertz CT molecular complexity index is 215. The first-order valence-corrected chi connectivity index (χ1v) is 4.38. The minimum Gasteiger partial charge on any atom is -0.330 e. The first-order valence-electron chi connectivity index (χ1n) is 3.50. The number of nitrogens with zero attached hydrogens (tertiary/aromatic N) is 1. The molecule has 0 amide bonds. The summed E-state index contributed by atoms with van der Waals surface area (Å²) in [5, 5.41) is 0. The number of aromatic nitrogens is 1. The van der Waals surface area contributed by atoms with Crippen molar-refractivity contribution >= 4 is 36.2 Å². The Morgan fingerprint density at radius 2 is 2.33 bits per heavy atom. The molecule has 0 saturated heterocycles. The predicted molar refractivity (Wildman–Crippen MR) is 56.5 cm³/mol. The standard InChI is InChI=1S/C7H10N2S.2ClH/c8-2-5-1-6(5)7-3-9-4-10-7;;/h3-6H,1-2,8H2;2*1H/t5-,6+;;/m0../s1. The molecule has 0 unspecified atom stereocenters. The topological polar surface area (TPSA) is 38.9 Å². The molecule has 2 N–H and O–H groups in total. The van der Waals surface area contributed by atoms with Crippen molar-refractivity contribution in [1.29, 1.82) is 0 Å². The Kier molecular flexibility index (Phi) is 5.09. The van der Waals surface area contributed by atoms with Crippen LogP contribution in [0.15, 0.2) is 11.7 Å². The summed E-state index contributed by atoms with van der Waals surface area (Å²) in [5.41, 5.74) is 7.40. The van der Waals surface area contributed by atoms with E-state index in [0.29, 0.717) is 0 Å². The zero-order chi connectivity index (χ0) is 6.97. The Hall–Kier alpha value is 0.170. The second-order valence-corrected chi connectivity index (χ2v) is 3.66. The minimum atomic E-state index is 0. The molecule has 2 nitrogen and oxygen atoms in total. The molecular weight excluding hydrogens is 215 g/mol. The van der Waals surface area contributed by atoms with Gasteiger partial charge in [0, 0.05) is 11.1 Å². The van der Waals surface area contributed by atoms with E-state index < -0.39 is 0 Å². The molecule has 1 saturated carbocycles. The number of halogens is 2. The molecule has 70 valence electrons. The van der Waals surface area contributed by atoms with Crippen LogP contribution in [0.5, 0.6) is 0 Å². The first kappa shape index (κ1) is 12.2. The summed E-state index contributed by atoms with van der Waals surface area (Å²) in [7, 11) is 0. The van der Waals surface area contributed by atoms with E-state index in [1.54, 1.807) is 11.3 Å². The van der Waals surface area contributed by atoms with Gasteiger partial charge in [0.2, 0.25) is 0 Å². The highest BCUT2D eigenvalue weighted by molar-refractivity contribution is 7.09. The molecule has 0 aromatic carbocycles. The van der Waals surface area contributed by atoms with Crippen molar-refractivity contribution in [2.24, 2.45) is 11.7 Å². The van der Waals surface area contributed by atoms with Crippen LogP contribution in [0.1, 0.15) is 17.2 Å².